The Morgan fingerprint density at radius 2 is 1.80 bits per heavy atom. The largest absolute Gasteiger partial charge is 0.378 e. The lowest BCUT2D eigenvalue weighted by atomic mass is 10.2. The Hall–Kier alpha value is -1.88. The number of aromatic nitrogens is 1. The predicted molar refractivity (Wildman–Crippen MR) is 85.4 cm³/mol. The molecule has 0 bridgehead atoms. The Morgan fingerprint density at radius 3 is 2.35 bits per heavy atom. The molecular formula is C15H16BrN3O. The highest BCUT2D eigenvalue weighted by Crippen LogP contribution is 2.18. The first-order chi connectivity index (χ1) is 9.47. The number of carbonyl (C=O) groups excluding carboxylic acids is 1. The first-order valence-corrected chi connectivity index (χ1v) is 6.98. The van der Waals surface area contributed by atoms with Gasteiger partial charge in [-0.05, 0) is 59.3 Å². The van der Waals surface area contributed by atoms with Gasteiger partial charge in [0.05, 0.1) is 11.4 Å². The number of hydrogen-bond donors (Lipinski definition) is 1. The zero-order valence-corrected chi connectivity index (χ0v) is 13.2. The van der Waals surface area contributed by atoms with Gasteiger partial charge in [0.1, 0.15) is 4.60 Å². The van der Waals surface area contributed by atoms with E-state index in [1.54, 1.807) is 6.07 Å². The number of nitrogens with zero attached hydrogens (tertiary/aromatic N) is 2. The van der Waals surface area contributed by atoms with E-state index >= 15 is 0 Å². The normalized spacial score (nSPS) is 10.2. The van der Waals surface area contributed by atoms with E-state index in [-0.39, 0.29) is 5.91 Å². The molecule has 2 rings (SSSR count). The second kappa shape index (κ2) is 6.05. The molecule has 0 aliphatic carbocycles. The smallest absolute Gasteiger partial charge is 0.255 e. The second-order valence-corrected chi connectivity index (χ2v) is 5.47. The number of anilines is 2. The first-order valence-electron chi connectivity index (χ1n) is 6.19. The minimum absolute atomic E-state index is 0.137. The maximum atomic E-state index is 12.2. The third-order valence-electron chi connectivity index (χ3n) is 2.95. The van der Waals surface area contributed by atoms with Crippen molar-refractivity contribution in [3.8, 4) is 0 Å². The average molecular weight is 334 g/mol. The van der Waals surface area contributed by atoms with E-state index in [0.29, 0.717) is 5.56 Å². The molecule has 1 N–H and O–H groups in total. The molecule has 20 heavy (non-hydrogen) atoms. The zero-order valence-electron chi connectivity index (χ0n) is 11.6. The Morgan fingerprint density at radius 1 is 1.15 bits per heavy atom. The first kappa shape index (κ1) is 14.5. The van der Waals surface area contributed by atoms with Crippen molar-refractivity contribution in [2.24, 2.45) is 0 Å². The highest BCUT2D eigenvalue weighted by atomic mass is 79.9. The van der Waals surface area contributed by atoms with E-state index in [9.17, 15) is 4.79 Å². The van der Waals surface area contributed by atoms with Crippen molar-refractivity contribution >= 4 is 33.2 Å². The summed E-state index contributed by atoms with van der Waals surface area (Å²) in [5, 5.41) is 2.87. The summed E-state index contributed by atoms with van der Waals surface area (Å²) in [6.45, 7) is 1.86. The number of amides is 1. The van der Waals surface area contributed by atoms with Crippen molar-refractivity contribution in [2.45, 2.75) is 6.92 Å². The van der Waals surface area contributed by atoms with E-state index in [1.807, 2.05) is 56.3 Å². The van der Waals surface area contributed by atoms with Crippen LogP contribution in [0.5, 0.6) is 0 Å². The van der Waals surface area contributed by atoms with Crippen LogP contribution in [0.1, 0.15) is 16.1 Å². The molecule has 2 aromatic rings. The predicted octanol–water partition coefficient (Wildman–Crippen LogP) is 3.47. The van der Waals surface area contributed by atoms with Crippen LogP contribution in [0.25, 0.3) is 0 Å². The van der Waals surface area contributed by atoms with Crippen LogP contribution in [0.2, 0.25) is 0 Å². The molecule has 1 amide bonds. The fourth-order valence-electron chi connectivity index (χ4n) is 1.77. The number of halogens is 1. The molecule has 104 valence electrons. The molecule has 1 heterocycles. The van der Waals surface area contributed by atoms with Crippen LogP contribution in [0, 0.1) is 6.92 Å². The molecule has 1 aromatic heterocycles. The maximum Gasteiger partial charge on any atom is 0.255 e. The number of nitrogens with one attached hydrogen (secondary N) is 1. The molecule has 0 saturated carbocycles. The van der Waals surface area contributed by atoms with Crippen molar-refractivity contribution in [1.29, 1.82) is 0 Å². The number of hydrogen-bond acceptors (Lipinski definition) is 3. The van der Waals surface area contributed by atoms with Crippen LogP contribution < -0.4 is 10.2 Å². The summed E-state index contributed by atoms with van der Waals surface area (Å²) >= 11 is 3.30. The monoisotopic (exact) mass is 333 g/mol. The third-order valence-corrected chi connectivity index (χ3v) is 3.39. The molecule has 0 aliphatic rings. The van der Waals surface area contributed by atoms with Crippen molar-refractivity contribution in [2.75, 3.05) is 24.3 Å². The van der Waals surface area contributed by atoms with E-state index in [2.05, 4.69) is 26.2 Å². The van der Waals surface area contributed by atoms with Crippen LogP contribution >= 0.6 is 15.9 Å². The summed E-state index contributed by atoms with van der Waals surface area (Å²) in [4.78, 5) is 18.4. The number of benzene rings is 1. The van der Waals surface area contributed by atoms with Gasteiger partial charge in [0, 0.05) is 25.3 Å². The highest BCUT2D eigenvalue weighted by Gasteiger charge is 2.08. The summed E-state index contributed by atoms with van der Waals surface area (Å²) < 4.78 is 0.753. The standard InChI is InChI=1S/C15H16BrN3O/c1-10-13(8-9-14(16)17-10)18-15(20)11-4-6-12(7-5-11)19(2)3/h4-9H,1-3H3,(H,18,20). The molecule has 0 fully saturated rings. The Labute approximate surface area is 127 Å². The fraction of sp³-hybridized carbons (Fsp3) is 0.200. The summed E-state index contributed by atoms with van der Waals surface area (Å²) in [6, 6.07) is 11.1. The summed E-state index contributed by atoms with van der Waals surface area (Å²) in [5.41, 5.74) is 3.17. The highest BCUT2D eigenvalue weighted by molar-refractivity contribution is 9.10. The molecule has 0 unspecified atom stereocenters. The van der Waals surface area contributed by atoms with Gasteiger partial charge in [-0.15, -0.1) is 0 Å². The van der Waals surface area contributed by atoms with E-state index in [0.717, 1.165) is 21.7 Å². The third kappa shape index (κ3) is 3.36. The lowest BCUT2D eigenvalue weighted by Crippen LogP contribution is -2.14. The van der Waals surface area contributed by atoms with Gasteiger partial charge in [0.2, 0.25) is 0 Å². The minimum atomic E-state index is -0.137. The van der Waals surface area contributed by atoms with Crippen molar-refractivity contribution < 1.29 is 4.79 Å². The molecule has 0 saturated heterocycles. The van der Waals surface area contributed by atoms with Crippen LogP contribution in [0.3, 0.4) is 0 Å². The number of pyridine rings is 1. The van der Waals surface area contributed by atoms with Gasteiger partial charge in [-0.2, -0.15) is 0 Å². The van der Waals surface area contributed by atoms with Gasteiger partial charge >= 0.3 is 0 Å². The zero-order chi connectivity index (χ0) is 14.7. The maximum absolute atomic E-state index is 12.2. The topological polar surface area (TPSA) is 45.2 Å². The molecule has 1 aromatic carbocycles. The van der Waals surface area contributed by atoms with Gasteiger partial charge in [-0.1, -0.05) is 0 Å². The Balaban J connectivity index is 2.15. The van der Waals surface area contributed by atoms with Gasteiger partial charge in [0.15, 0.2) is 0 Å². The lowest BCUT2D eigenvalue weighted by molar-refractivity contribution is 0.102. The number of aryl methyl sites for hydroxylation is 1. The second-order valence-electron chi connectivity index (χ2n) is 4.66. The van der Waals surface area contributed by atoms with Crippen LogP contribution in [-0.2, 0) is 0 Å². The van der Waals surface area contributed by atoms with Crippen LogP contribution in [-0.4, -0.2) is 25.0 Å². The SMILES string of the molecule is Cc1nc(Br)ccc1NC(=O)c1ccc(N(C)C)cc1. The Kier molecular flexibility index (Phi) is 4.39. The molecule has 5 heteroatoms. The quantitative estimate of drug-likeness (QED) is 0.874. The summed E-state index contributed by atoms with van der Waals surface area (Å²) in [7, 11) is 3.93. The van der Waals surface area contributed by atoms with Gasteiger partial charge in [-0.25, -0.2) is 4.98 Å². The molecule has 0 radical (unpaired) electrons. The minimum Gasteiger partial charge on any atom is -0.378 e. The average Bonchev–Trinajstić information content (AvgIpc) is 2.42. The Bertz CT molecular complexity index is 624. The van der Waals surface area contributed by atoms with E-state index in [4.69, 9.17) is 0 Å². The molecule has 0 aliphatic heterocycles. The summed E-state index contributed by atoms with van der Waals surface area (Å²) in [5.74, 6) is -0.137. The van der Waals surface area contributed by atoms with Crippen LogP contribution in [0.15, 0.2) is 41.0 Å². The summed E-state index contributed by atoms with van der Waals surface area (Å²) in [6.07, 6.45) is 0. The molecule has 0 spiro atoms. The molecular weight excluding hydrogens is 318 g/mol. The van der Waals surface area contributed by atoms with Crippen molar-refractivity contribution in [3.63, 3.8) is 0 Å². The number of carbonyl (C=O) groups is 1. The van der Waals surface area contributed by atoms with Gasteiger partial charge in [0.25, 0.3) is 5.91 Å². The van der Waals surface area contributed by atoms with Crippen LogP contribution in [0.4, 0.5) is 11.4 Å². The van der Waals surface area contributed by atoms with Crippen molar-refractivity contribution in [3.05, 3.63) is 52.3 Å². The fourth-order valence-corrected chi connectivity index (χ4v) is 2.17. The number of rotatable bonds is 3. The van der Waals surface area contributed by atoms with Gasteiger partial charge < -0.3 is 10.2 Å². The van der Waals surface area contributed by atoms with Crippen molar-refractivity contribution in [1.82, 2.24) is 4.98 Å². The lowest BCUT2D eigenvalue weighted by Gasteiger charge is -2.13. The van der Waals surface area contributed by atoms with E-state index in [1.165, 1.54) is 0 Å². The molecule has 4 nitrogen and oxygen atoms in total. The molecule has 0 atom stereocenters. The van der Waals surface area contributed by atoms with E-state index < -0.39 is 0 Å². The van der Waals surface area contributed by atoms with Gasteiger partial charge in [-0.3, -0.25) is 4.79 Å².